The molecule has 0 radical (unpaired) electrons. The van der Waals surface area contributed by atoms with Gasteiger partial charge in [0.1, 0.15) is 0 Å². The predicted octanol–water partition coefficient (Wildman–Crippen LogP) is 13.0. The van der Waals surface area contributed by atoms with Crippen LogP contribution < -0.4 is 0 Å². The molecule has 4 heteroatoms. The Balaban J connectivity index is 1.22. The van der Waals surface area contributed by atoms with Crippen LogP contribution in [-0.2, 0) is 0 Å². The van der Waals surface area contributed by atoms with E-state index in [9.17, 15) is 0 Å². The highest BCUT2D eigenvalue weighted by Crippen LogP contribution is 2.40. The number of hydrogen-bond donors (Lipinski definition) is 0. The molecule has 0 N–H and O–H groups in total. The van der Waals surface area contributed by atoms with Crippen molar-refractivity contribution >= 4 is 76.2 Å². The summed E-state index contributed by atoms with van der Waals surface area (Å²) in [6, 6.07) is 51.2. The minimum Gasteiger partial charge on any atom is -0.309 e. The molecule has 54 heavy (non-hydrogen) atoms. The normalized spacial score (nSPS) is 12.1. The fourth-order valence-electron chi connectivity index (χ4n) is 8.78. The topological polar surface area (TPSA) is 35.6 Å². The Bertz CT molecular complexity index is 3250. The van der Waals surface area contributed by atoms with Crippen molar-refractivity contribution in [3.8, 4) is 22.6 Å². The highest BCUT2D eigenvalue weighted by atomic mass is 15.0. The quantitative estimate of drug-likeness (QED) is 0.173. The van der Waals surface area contributed by atoms with Crippen molar-refractivity contribution in [1.82, 2.24) is 19.1 Å². The van der Waals surface area contributed by atoms with Crippen LogP contribution in [0.3, 0.4) is 0 Å². The van der Waals surface area contributed by atoms with E-state index < -0.39 is 0 Å². The van der Waals surface area contributed by atoms with Crippen LogP contribution in [0.15, 0.2) is 146 Å². The van der Waals surface area contributed by atoms with Crippen molar-refractivity contribution in [3.63, 3.8) is 0 Å². The van der Waals surface area contributed by atoms with Crippen LogP contribution in [0.2, 0.25) is 0 Å². The number of nitrogens with zero attached hydrogens (tertiary/aromatic N) is 4. The largest absolute Gasteiger partial charge is 0.309 e. The van der Waals surface area contributed by atoms with Crippen molar-refractivity contribution in [1.29, 1.82) is 0 Å². The first-order valence-corrected chi connectivity index (χ1v) is 18.6. The molecule has 0 aliphatic rings. The van der Waals surface area contributed by atoms with Gasteiger partial charge in [-0.3, -0.25) is 4.98 Å². The summed E-state index contributed by atoms with van der Waals surface area (Å²) in [5, 5.41) is 9.58. The summed E-state index contributed by atoms with van der Waals surface area (Å²) >= 11 is 0. The molecule has 0 saturated heterocycles. The number of aryl methyl sites for hydroxylation is 4. The molecule has 0 bridgehead atoms. The molecule has 0 amide bonds. The summed E-state index contributed by atoms with van der Waals surface area (Å²) in [6.07, 6.45) is 1.93. The maximum Gasteiger partial charge on any atom is 0.0980 e. The first-order valence-electron chi connectivity index (χ1n) is 18.6. The van der Waals surface area contributed by atoms with Gasteiger partial charge in [0.25, 0.3) is 0 Å². The van der Waals surface area contributed by atoms with E-state index in [0.717, 1.165) is 55.2 Å². The van der Waals surface area contributed by atoms with Gasteiger partial charge in [-0.1, -0.05) is 89.0 Å². The van der Waals surface area contributed by atoms with Crippen molar-refractivity contribution in [2.75, 3.05) is 0 Å². The molecule has 8 aromatic carbocycles. The fourth-order valence-corrected chi connectivity index (χ4v) is 8.78. The van der Waals surface area contributed by atoms with Crippen LogP contribution in [0.25, 0.3) is 98.8 Å². The van der Waals surface area contributed by atoms with Gasteiger partial charge in [0.05, 0.1) is 45.0 Å². The van der Waals surface area contributed by atoms with Gasteiger partial charge < -0.3 is 9.13 Å². The first kappa shape index (κ1) is 30.8. The molecule has 11 rings (SSSR count). The molecule has 4 nitrogen and oxygen atoms in total. The Kier molecular flexibility index (Phi) is 6.48. The standard InChI is InChI=1S/C50H36N4/c1-29-10-18-45-38(22-29)39-23-30(2)11-19-46(39)53(45)34-14-16-36-37-17-15-35(54-47-20-12-31(3)24-40(47)41-25-32(4)13-21-48(41)54)27-43(37)50-49(42(36)26-34)51-28-44(52-50)33-8-6-5-7-9-33/h5-28H,1-4H3. The average Bonchev–Trinajstić information content (AvgIpc) is 3.68. The van der Waals surface area contributed by atoms with Gasteiger partial charge in [-0.05, 0) is 111 Å². The van der Waals surface area contributed by atoms with Gasteiger partial charge in [-0.15, -0.1) is 0 Å². The van der Waals surface area contributed by atoms with E-state index in [1.165, 1.54) is 65.9 Å². The molecule has 3 heterocycles. The predicted molar refractivity (Wildman–Crippen MR) is 228 cm³/mol. The average molecular weight is 693 g/mol. The maximum atomic E-state index is 5.43. The minimum atomic E-state index is 0.862. The van der Waals surface area contributed by atoms with Gasteiger partial charge in [0.15, 0.2) is 0 Å². The monoisotopic (exact) mass is 692 g/mol. The molecule has 11 aromatic rings. The van der Waals surface area contributed by atoms with Crippen LogP contribution >= 0.6 is 0 Å². The van der Waals surface area contributed by atoms with Gasteiger partial charge in [0, 0.05) is 49.3 Å². The second kappa shape index (κ2) is 11.4. The van der Waals surface area contributed by atoms with E-state index in [-0.39, 0.29) is 0 Å². The smallest absolute Gasteiger partial charge is 0.0980 e. The van der Waals surface area contributed by atoms with Crippen molar-refractivity contribution in [2.24, 2.45) is 0 Å². The Morgan fingerprint density at radius 1 is 0.370 bits per heavy atom. The summed E-state index contributed by atoms with van der Waals surface area (Å²) in [7, 11) is 0. The van der Waals surface area contributed by atoms with Crippen LogP contribution in [0, 0.1) is 27.7 Å². The number of rotatable bonds is 3. The van der Waals surface area contributed by atoms with E-state index in [0.29, 0.717) is 0 Å². The van der Waals surface area contributed by atoms with Gasteiger partial charge >= 0.3 is 0 Å². The van der Waals surface area contributed by atoms with Gasteiger partial charge in [-0.2, -0.15) is 0 Å². The van der Waals surface area contributed by atoms with E-state index in [2.05, 4.69) is 170 Å². The summed E-state index contributed by atoms with van der Waals surface area (Å²) < 4.78 is 4.81. The minimum absolute atomic E-state index is 0.862. The summed E-state index contributed by atoms with van der Waals surface area (Å²) in [5.74, 6) is 0. The second-order valence-electron chi connectivity index (χ2n) is 15.0. The summed E-state index contributed by atoms with van der Waals surface area (Å²) in [4.78, 5) is 10.7. The second-order valence-corrected chi connectivity index (χ2v) is 15.0. The van der Waals surface area contributed by atoms with Crippen molar-refractivity contribution in [3.05, 3.63) is 168 Å². The van der Waals surface area contributed by atoms with E-state index >= 15 is 0 Å². The zero-order valence-corrected chi connectivity index (χ0v) is 30.6. The lowest BCUT2D eigenvalue weighted by Crippen LogP contribution is -1.98. The Labute approximate surface area is 312 Å². The lowest BCUT2D eigenvalue weighted by atomic mass is 9.98. The van der Waals surface area contributed by atoms with Crippen LogP contribution in [0.1, 0.15) is 22.3 Å². The van der Waals surface area contributed by atoms with Crippen LogP contribution in [-0.4, -0.2) is 19.1 Å². The van der Waals surface area contributed by atoms with Gasteiger partial charge in [-0.25, -0.2) is 4.98 Å². The van der Waals surface area contributed by atoms with Crippen molar-refractivity contribution in [2.45, 2.75) is 27.7 Å². The molecule has 0 saturated carbocycles. The molecule has 0 spiro atoms. The zero-order chi connectivity index (χ0) is 36.2. The molecule has 0 aliphatic carbocycles. The number of aromatic nitrogens is 4. The Morgan fingerprint density at radius 2 is 0.796 bits per heavy atom. The van der Waals surface area contributed by atoms with Crippen LogP contribution in [0.5, 0.6) is 0 Å². The SMILES string of the molecule is Cc1ccc2c(c1)c1cc(C)ccc1n2-c1ccc2c3ccc(-n4c5ccc(C)cc5c5cc(C)ccc54)cc3c3nc(-c4ccccc4)cnc3c2c1. The Morgan fingerprint density at radius 3 is 1.24 bits per heavy atom. The molecular weight excluding hydrogens is 657 g/mol. The number of benzene rings is 8. The lowest BCUT2D eigenvalue weighted by molar-refractivity contribution is 1.18. The van der Waals surface area contributed by atoms with E-state index in [4.69, 9.17) is 9.97 Å². The van der Waals surface area contributed by atoms with E-state index in [1.807, 2.05) is 12.3 Å². The summed E-state index contributed by atoms with van der Waals surface area (Å²) in [5.41, 5.74) is 15.8. The molecular formula is C50H36N4. The third-order valence-electron chi connectivity index (χ3n) is 11.3. The Hall–Kier alpha value is -6.78. The number of fused-ring (bicyclic) bond motifs is 12. The highest BCUT2D eigenvalue weighted by molar-refractivity contribution is 6.24. The highest BCUT2D eigenvalue weighted by Gasteiger charge is 2.19. The zero-order valence-electron chi connectivity index (χ0n) is 30.6. The van der Waals surface area contributed by atoms with E-state index in [1.54, 1.807) is 0 Å². The first-order chi connectivity index (χ1) is 26.4. The molecule has 3 aromatic heterocycles. The van der Waals surface area contributed by atoms with Gasteiger partial charge in [0.2, 0.25) is 0 Å². The molecule has 0 fully saturated rings. The third-order valence-corrected chi connectivity index (χ3v) is 11.3. The lowest BCUT2D eigenvalue weighted by Gasteiger charge is -2.15. The molecule has 0 atom stereocenters. The molecule has 0 aliphatic heterocycles. The van der Waals surface area contributed by atoms with Crippen molar-refractivity contribution < 1.29 is 0 Å². The third kappa shape index (κ3) is 4.50. The number of hydrogen-bond acceptors (Lipinski definition) is 2. The maximum absolute atomic E-state index is 5.43. The fraction of sp³-hybridized carbons (Fsp3) is 0.0800. The summed E-state index contributed by atoms with van der Waals surface area (Å²) in [6.45, 7) is 8.68. The molecule has 256 valence electrons. The van der Waals surface area contributed by atoms with Crippen LogP contribution in [0.4, 0.5) is 0 Å². The molecule has 0 unspecified atom stereocenters.